The Balaban J connectivity index is 1.81. The Morgan fingerprint density at radius 3 is 2.76 bits per heavy atom. The highest BCUT2D eigenvalue weighted by molar-refractivity contribution is 6.35. The highest BCUT2D eigenvalue weighted by Crippen LogP contribution is 2.28. The van der Waals surface area contributed by atoms with Crippen LogP contribution in [-0.4, -0.2) is 21.9 Å². The highest BCUT2D eigenvalue weighted by atomic mass is 35.5. The summed E-state index contributed by atoms with van der Waals surface area (Å²) in [7, 11) is 1.78. The Morgan fingerprint density at radius 1 is 1.32 bits per heavy atom. The molecule has 0 saturated carbocycles. The number of ketones is 1. The van der Waals surface area contributed by atoms with Gasteiger partial charge in [0.25, 0.3) is 0 Å². The molecule has 0 amide bonds. The second-order valence-corrected chi connectivity index (χ2v) is 6.25. The minimum Gasteiger partial charge on any atom is -0.484 e. The Kier molecular flexibility index (Phi) is 4.93. The van der Waals surface area contributed by atoms with Gasteiger partial charge in [0.05, 0.1) is 22.1 Å². The predicted octanol–water partition coefficient (Wildman–Crippen LogP) is 4.14. The van der Waals surface area contributed by atoms with Crippen LogP contribution >= 0.6 is 23.2 Å². The van der Waals surface area contributed by atoms with Crippen LogP contribution in [0.2, 0.25) is 10.0 Å². The Labute approximate surface area is 154 Å². The fourth-order valence-corrected chi connectivity index (χ4v) is 2.98. The van der Waals surface area contributed by atoms with Crippen molar-refractivity contribution in [3.8, 4) is 11.8 Å². The molecule has 7 heteroatoms. The Bertz CT molecular complexity index is 992. The van der Waals surface area contributed by atoms with E-state index in [0.29, 0.717) is 21.6 Å². The van der Waals surface area contributed by atoms with E-state index in [2.05, 4.69) is 4.98 Å². The average Bonchev–Trinajstić information content (AvgIpc) is 2.92. The van der Waals surface area contributed by atoms with Crippen molar-refractivity contribution < 1.29 is 9.53 Å². The van der Waals surface area contributed by atoms with Crippen LogP contribution in [0.15, 0.2) is 42.5 Å². The zero-order chi connectivity index (χ0) is 18.0. The maximum absolute atomic E-state index is 12.5. The van der Waals surface area contributed by atoms with Crippen molar-refractivity contribution >= 4 is 40.0 Å². The van der Waals surface area contributed by atoms with Crippen molar-refractivity contribution in [1.82, 2.24) is 9.55 Å². The van der Waals surface area contributed by atoms with Crippen molar-refractivity contribution in [2.75, 3.05) is 6.61 Å². The van der Waals surface area contributed by atoms with Crippen LogP contribution in [0.1, 0.15) is 11.7 Å². The molecule has 0 aliphatic carbocycles. The Morgan fingerprint density at radius 2 is 2.08 bits per heavy atom. The molecule has 0 spiro atoms. The van der Waals surface area contributed by atoms with Gasteiger partial charge in [0.1, 0.15) is 18.2 Å². The summed E-state index contributed by atoms with van der Waals surface area (Å²) in [6, 6.07) is 14.2. The average molecular weight is 374 g/mol. The summed E-state index contributed by atoms with van der Waals surface area (Å²) < 4.78 is 7.19. The molecule has 0 bridgehead atoms. The van der Waals surface area contributed by atoms with Crippen LogP contribution in [0.25, 0.3) is 11.0 Å². The second-order valence-electron chi connectivity index (χ2n) is 5.41. The van der Waals surface area contributed by atoms with Crippen LogP contribution in [-0.2, 0) is 11.8 Å². The summed E-state index contributed by atoms with van der Waals surface area (Å²) in [6.07, 6.45) is 0. The van der Waals surface area contributed by atoms with Gasteiger partial charge in [-0.05, 0) is 30.3 Å². The lowest BCUT2D eigenvalue weighted by atomic mass is 10.1. The van der Waals surface area contributed by atoms with E-state index in [1.165, 1.54) is 6.07 Å². The number of imidazole rings is 1. The number of halogens is 2. The highest BCUT2D eigenvalue weighted by Gasteiger charge is 2.26. The number of nitriles is 1. The van der Waals surface area contributed by atoms with Crippen LogP contribution in [0.3, 0.4) is 0 Å². The molecule has 3 aromatic rings. The maximum atomic E-state index is 12.5. The van der Waals surface area contributed by atoms with E-state index in [4.69, 9.17) is 27.9 Å². The van der Waals surface area contributed by atoms with E-state index in [1.54, 1.807) is 23.7 Å². The van der Waals surface area contributed by atoms with Gasteiger partial charge in [0, 0.05) is 12.1 Å². The number of carbonyl (C=O) groups excluding carboxylic acids is 1. The van der Waals surface area contributed by atoms with Crippen molar-refractivity contribution in [1.29, 1.82) is 5.26 Å². The summed E-state index contributed by atoms with van der Waals surface area (Å²) in [4.78, 5) is 16.9. The van der Waals surface area contributed by atoms with Crippen LogP contribution in [0, 0.1) is 11.3 Å². The predicted molar refractivity (Wildman–Crippen MR) is 96.0 cm³/mol. The molecule has 0 fully saturated rings. The summed E-state index contributed by atoms with van der Waals surface area (Å²) in [5.41, 5.74) is 1.59. The molecule has 126 valence electrons. The molecule has 0 aliphatic rings. The molecule has 0 N–H and O–H groups in total. The van der Waals surface area contributed by atoms with E-state index < -0.39 is 11.7 Å². The summed E-state index contributed by atoms with van der Waals surface area (Å²) >= 11 is 11.8. The topological polar surface area (TPSA) is 67.9 Å². The van der Waals surface area contributed by atoms with E-state index in [1.807, 2.05) is 30.3 Å². The minimum absolute atomic E-state index is 0.289. The van der Waals surface area contributed by atoms with Gasteiger partial charge in [0.15, 0.2) is 11.7 Å². The zero-order valence-corrected chi connectivity index (χ0v) is 14.8. The van der Waals surface area contributed by atoms with Crippen molar-refractivity contribution in [2.24, 2.45) is 7.05 Å². The molecule has 1 unspecified atom stereocenters. The number of Topliss-reactive ketones (excluding diaryl/α,β-unsaturated/α-hetero) is 1. The van der Waals surface area contributed by atoms with Gasteiger partial charge in [-0.25, -0.2) is 4.98 Å². The molecule has 0 radical (unpaired) electrons. The largest absolute Gasteiger partial charge is 0.484 e. The first-order valence-corrected chi connectivity index (χ1v) is 8.18. The fraction of sp³-hybridized carbons (Fsp3) is 0.167. The number of ether oxygens (including phenoxy) is 1. The first-order chi connectivity index (χ1) is 12.0. The molecular formula is C18H13Cl2N3O2. The SMILES string of the molecule is Cn1c(C(C#N)C(=O)COc2ccc(Cl)cc2Cl)nc2ccccc21. The number of para-hydroxylation sites is 2. The number of hydrogen-bond acceptors (Lipinski definition) is 4. The summed E-state index contributed by atoms with van der Waals surface area (Å²) in [6.45, 7) is -0.289. The first-order valence-electron chi connectivity index (χ1n) is 7.43. The van der Waals surface area contributed by atoms with E-state index >= 15 is 0 Å². The molecule has 5 nitrogen and oxygen atoms in total. The summed E-state index contributed by atoms with van der Waals surface area (Å²) in [5.74, 6) is -0.698. The molecular weight excluding hydrogens is 361 g/mol. The number of nitrogens with zero attached hydrogens (tertiary/aromatic N) is 3. The van der Waals surface area contributed by atoms with Crippen molar-refractivity contribution in [3.05, 3.63) is 58.3 Å². The number of rotatable bonds is 5. The first kappa shape index (κ1) is 17.3. The standard InChI is InChI=1S/C18H13Cl2N3O2/c1-23-15-5-3-2-4-14(15)22-18(23)12(9-21)16(24)10-25-17-7-6-11(19)8-13(17)20/h2-8,12H,10H2,1H3. The molecule has 3 rings (SSSR count). The molecule has 2 aromatic carbocycles. The lowest BCUT2D eigenvalue weighted by molar-refractivity contribution is -0.121. The van der Waals surface area contributed by atoms with Gasteiger partial charge in [0.2, 0.25) is 0 Å². The lowest BCUT2D eigenvalue weighted by Crippen LogP contribution is -2.21. The number of hydrogen-bond donors (Lipinski definition) is 0. The number of fused-ring (bicyclic) bond motifs is 1. The molecule has 1 heterocycles. The van der Waals surface area contributed by atoms with E-state index in [0.717, 1.165) is 11.0 Å². The van der Waals surface area contributed by atoms with Crippen LogP contribution in [0.4, 0.5) is 0 Å². The van der Waals surface area contributed by atoms with Gasteiger partial charge in [-0.1, -0.05) is 35.3 Å². The van der Waals surface area contributed by atoms with Gasteiger partial charge in [-0.15, -0.1) is 0 Å². The third-order valence-electron chi connectivity index (χ3n) is 3.79. The normalized spacial score (nSPS) is 11.9. The lowest BCUT2D eigenvalue weighted by Gasteiger charge is -2.11. The Hall–Kier alpha value is -2.55. The molecule has 25 heavy (non-hydrogen) atoms. The molecule has 1 atom stereocenters. The third kappa shape index (κ3) is 3.46. The number of aryl methyl sites for hydroxylation is 1. The second kappa shape index (κ2) is 7.14. The molecule has 0 saturated heterocycles. The van der Waals surface area contributed by atoms with Crippen molar-refractivity contribution in [2.45, 2.75) is 5.92 Å². The monoisotopic (exact) mass is 373 g/mol. The quantitative estimate of drug-likeness (QED) is 0.673. The third-order valence-corrected chi connectivity index (χ3v) is 4.33. The van der Waals surface area contributed by atoms with E-state index in [9.17, 15) is 10.1 Å². The zero-order valence-electron chi connectivity index (χ0n) is 13.2. The van der Waals surface area contributed by atoms with Gasteiger partial charge in [-0.3, -0.25) is 4.79 Å². The van der Waals surface area contributed by atoms with Gasteiger partial charge >= 0.3 is 0 Å². The van der Waals surface area contributed by atoms with Gasteiger partial charge in [-0.2, -0.15) is 5.26 Å². The van der Waals surface area contributed by atoms with Crippen molar-refractivity contribution in [3.63, 3.8) is 0 Å². The summed E-state index contributed by atoms with van der Waals surface area (Å²) in [5, 5.41) is 10.2. The smallest absolute Gasteiger partial charge is 0.194 e. The van der Waals surface area contributed by atoms with E-state index in [-0.39, 0.29) is 6.61 Å². The molecule has 0 aliphatic heterocycles. The number of aromatic nitrogens is 2. The van der Waals surface area contributed by atoms with Crippen LogP contribution in [0.5, 0.6) is 5.75 Å². The molecule has 1 aromatic heterocycles. The minimum atomic E-state index is -1.02. The number of carbonyl (C=O) groups is 1. The number of benzene rings is 2. The van der Waals surface area contributed by atoms with Gasteiger partial charge < -0.3 is 9.30 Å². The fourth-order valence-electron chi connectivity index (χ4n) is 2.52. The maximum Gasteiger partial charge on any atom is 0.194 e. The van der Waals surface area contributed by atoms with Crippen LogP contribution < -0.4 is 4.74 Å².